The zero-order valence-corrected chi connectivity index (χ0v) is 8.30. The number of hydrogen-bond acceptors (Lipinski definition) is 2. The van der Waals surface area contributed by atoms with Crippen molar-refractivity contribution in [3.8, 4) is 0 Å². The van der Waals surface area contributed by atoms with Crippen molar-refractivity contribution in [2.24, 2.45) is 0 Å². The van der Waals surface area contributed by atoms with E-state index in [4.69, 9.17) is 11.6 Å². The molecule has 0 fully saturated rings. The lowest BCUT2D eigenvalue weighted by Crippen LogP contribution is -1.92. The molecule has 0 heterocycles. The van der Waals surface area contributed by atoms with Gasteiger partial charge in [0.05, 0.1) is 10.8 Å². The number of nitro benzene ring substituents is 1. The van der Waals surface area contributed by atoms with E-state index < -0.39 is 4.92 Å². The molecule has 0 atom stereocenters. The maximum absolute atomic E-state index is 10.4. The number of nitrogens with zero attached hydrogens (tertiary/aromatic N) is 1. The fourth-order valence-corrected chi connectivity index (χ4v) is 1.46. The molecule has 0 N–H and O–H groups in total. The third-order valence-electron chi connectivity index (χ3n) is 1.38. The van der Waals surface area contributed by atoms with Gasteiger partial charge in [0.1, 0.15) is 0 Å². The Labute approximate surface area is 82.6 Å². The summed E-state index contributed by atoms with van der Waals surface area (Å²) in [6, 6.07) is 4.70. The molecule has 0 unspecified atom stereocenters. The van der Waals surface area contributed by atoms with Gasteiger partial charge in [-0.1, -0.05) is 15.9 Å². The van der Waals surface area contributed by atoms with Gasteiger partial charge in [-0.3, -0.25) is 10.1 Å². The van der Waals surface area contributed by atoms with Gasteiger partial charge < -0.3 is 0 Å². The topological polar surface area (TPSA) is 43.1 Å². The van der Waals surface area contributed by atoms with Crippen molar-refractivity contribution in [3.63, 3.8) is 0 Å². The Balaban J connectivity index is 3.20. The van der Waals surface area contributed by atoms with Crippen LogP contribution in [0.15, 0.2) is 22.7 Å². The van der Waals surface area contributed by atoms with E-state index in [0.29, 0.717) is 5.56 Å². The smallest absolute Gasteiger partial charge is 0.258 e. The molecular weight excluding hydrogens is 245 g/mol. The maximum Gasteiger partial charge on any atom is 0.273 e. The lowest BCUT2D eigenvalue weighted by atomic mass is 10.2. The van der Waals surface area contributed by atoms with E-state index in [2.05, 4.69) is 15.9 Å². The molecule has 0 aliphatic heterocycles. The van der Waals surface area contributed by atoms with E-state index in [9.17, 15) is 10.1 Å². The van der Waals surface area contributed by atoms with E-state index in [1.807, 2.05) is 0 Å². The second kappa shape index (κ2) is 3.87. The molecule has 0 saturated heterocycles. The van der Waals surface area contributed by atoms with Gasteiger partial charge in [-0.05, 0) is 12.1 Å². The summed E-state index contributed by atoms with van der Waals surface area (Å²) in [5, 5.41) is 10.4. The normalized spacial score (nSPS) is 9.83. The SMILES string of the molecule is O=[N+]([O-])c1ccc(Br)cc1CCl. The van der Waals surface area contributed by atoms with Gasteiger partial charge in [0.15, 0.2) is 0 Å². The van der Waals surface area contributed by atoms with Gasteiger partial charge in [0.25, 0.3) is 5.69 Å². The molecule has 0 bridgehead atoms. The highest BCUT2D eigenvalue weighted by Crippen LogP contribution is 2.24. The molecule has 64 valence electrons. The summed E-state index contributed by atoms with van der Waals surface area (Å²) in [7, 11) is 0. The zero-order chi connectivity index (χ0) is 9.14. The van der Waals surface area contributed by atoms with E-state index in [1.54, 1.807) is 12.1 Å². The lowest BCUT2D eigenvalue weighted by molar-refractivity contribution is -0.385. The van der Waals surface area contributed by atoms with Gasteiger partial charge in [-0.2, -0.15) is 0 Å². The Kier molecular flexibility index (Phi) is 3.05. The van der Waals surface area contributed by atoms with Crippen molar-refractivity contribution in [3.05, 3.63) is 38.3 Å². The van der Waals surface area contributed by atoms with Crippen LogP contribution in [-0.4, -0.2) is 4.92 Å². The average molecular weight is 250 g/mol. The van der Waals surface area contributed by atoms with Crippen LogP contribution in [0, 0.1) is 10.1 Å². The minimum absolute atomic E-state index is 0.0631. The molecular formula is C7H5BrClNO2. The predicted octanol–water partition coefficient (Wildman–Crippen LogP) is 3.10. The van der Waals surface area contributed by atoms with Crippen molar-refractivity contribution in [1.82, 2.24) is 0 Å². The highest BCUT2D eigenvalue weighted by Gasteiger charge is 2.11. The monoisotopic (exact) mass is 249 g/mol. The summed E-state index contributed by atoms with van der Waals surface area (Å²) in [5.74, 6) is 0.149. The first kappa shape index (κ1) is 9.48. The van der Waals surface area contributed by atoms with Crippen molar-refractivity contribution in [1.29, 1.82) is 0 Å². The van der Waals surface area contributed by atoms with Crippen LogP contribution in [0.25, 0.3) is 0 Å². The number of halogens is 2. The van der Waals surface area contributed by atoms with Crippen LogP contribution < -0.4 is 0 Å². The summed E-state index contributed by atoms with van der Waals surface area (Å²) < 4.78 is 0.795. The van der Waals surface area contributed by atoms with Crippen molar-refractivity contribution in [2.45, 2.75) is 5.88 Å². The third kappa shape index (κ3) is 1.95. The minimum atomic E-state index is -0.440. The Morgan fingerprint density at radius 3 is 2.75 bits per heavy atom. The predicted molar refractivity (Wildman–Crippen MR) is 50.4 cm³/mol. The minimum Gasteiger partial charge on any atom is -0.258 e. The van der Waals surface area contributed by atoms with Crippen molar-refractivity contribution in [2.75, 3.05) is 0 Å². The van der Waals surface area contributed by atoms with Gasteiger partial charge in [-0.15, -0.1) is 11.6 Å². The largest absolute Gasteiger partial charge is 0.273 e. The Bertz CT molecular complexity index is 316. The quantitative estimate of drug-likeness (QED) is 0.460. The molecule has 0 radical (unpaired) electrons. The summed E-state index contributed by atoms with van der Waals surface area (Å²) in [6.07, 6.45) is 0. The first-order valence-corrected chi connectivity index (χ1v) is 4.46. The number of nitro groups is 1. The molecule has 0 spiro atoms. The molecule has 12 heavy (non-hydrogen) atoms. The average Bonchev–Trinajstić information content (AvgIpc) is 2.03. The van der Waals surface area contributed by atoms with Gasteiger partial charge in [0.2, 0.25) is 0 Å². The number of alkyl halides is 1. The molecule has 3 nitrogen and oxygen atoms in total. The summed E-state index contributed by atoms with van der Waals surface area (Å²) in [6.45, 7) is 0. The molecule has 1 rings (SSSR count). The second-order valence-electron chi connectivity index (χ2n) is 2.16. The molecule has 0 aromatic heterocycles. The van der Waals surface area contributed by atoms with Gasteiger partial charge in [0, 0.05) is 16.1 Å². The van der Waals surface area contributed by atoms with E-state index in [0.717, 1.165) is 4.47 Å². The molecule has 0 aliphatic carbocycles. The molecule has 0 saturated carbocycles. The number of rotatable bonds is 2. The standard InChI is InChI=1S/C7H5BrClNO2/c8-6-1-2-7(10(11)12)5(3-6)4-9/h1-3H,4H2. The molecule has 0 aliphatic rings. The van der Waals surface area contributed by atoms with Crippen LogP contribution >= 0.6 is 27.5 Å². The third-order valence-corrected chi connectivity index (χ3v) is 2.16. The maximum atomic E-state index is 10.4. The Morgan fingerprint density at radius 1 is 1.58 bits per heavy atom. The number of benzene rings is 1. The summed E-state index contributed by atoms with van der Waals surface area (Å²) in [4.78, 5) is 9.98. The number of hydrogen-bond donors (Lipinski definition) is 0. The van der Waals surface area contributed by atoms with Gasteiger partial charge >= 0.3 is 0 Å². The fraction of sp³-hybridized carbons (Fsp3) is 0.143. The fourth-order valence-electron chi connectivity index (χ4n) is 0.839. The molecule has 5 heteroatoms. The Morgan fingerprint density at radius 2 is 2.25 bits per heavy atom. The highest BCUT2D eigenvalue weighted by molar-refractivity contribution is 9.10. The van der Waals surface area contributed by atoms with Crippen LogP contribution in [-0.2, 0) is 5.88 Å². The van der Waals surface area contributed by atoms with E-state index in [1.165, 1.54) is 6.07 Å². The van der Waals surface area contributed by atoms with Crippen LogP contribution in [0.1, 0.15) is 5.56 Å². The van der Waals surface area contributed by atoms with Crippen LogP contribution in [0.3, 0.4) is 0 Å². The molecule has 1 aromatic carbocycles. The summed E-state index contributed by atoms with van der Waals surface area (Å²) >= 11 is 8.73. The van der Waals surface area contributed by atoms with Crippen LogP contribution in [0.5, 0.6) is 0 Å². The first-order valence-electron chi connectivity index (χ1n) is 3.14. The van der Waals surface area contributed by atoms with Gasteiger partial charge in [-0.25, -0.2) is 0 Å². The van der Waals surface area contributed by atoms with Crippen LogP contribution in [0.2, 0.25) is 0 Å². The van der Waals surface area contributed by atoms with Crippen molar-refractivity contribution >= 4 is 33.2 Å². The Hall–Kier alpha value is -0.610. The van der Waals surface area contributed by atoms with Crippen LogP contribution in [0.4, 0.5) is 5.69 Å². The first-order chi connectivity index (χ1) is 5.65. The molecule has 0 amide bonds. The highest BCUT2D eigenvalue weighted by atomic mass is 79.9. The summed E-state index contributed by atoms with van der Waals surface area (Å²) in [5.41, 5.74) is 0.587. The molecule has 1 aromatic rings. The van der Waals surface area contributed by atoms with Crippen molar-refractivity contribution < 1.29 is 4.92 Å². The lowest BCUT2D eigenvalue weighted by Gasteiger charge is -1.98. The van der Waals surface area contributed by atoms with E-state index in [-0.39, 0.29) is 11.6 Å². The zero-order valence-electron chi connectivity index (χ0n) is 5.96. The van der Waals surface area contributed by atoms with E-state index >= 15 is 0 Å². The second-order valence-corrected chi connectivity index (χ2v) is 3.35.